The minimum atomic E-state index is -0.684. The van der Waals surface area contributed by atoms with E-state index < -0.39 is 17.7 Å². The van der Waals surface area contributed by atoms with E-state index in [1.54, 1.807) is 6.92 Å². The van der Waals surface area contributed by atoms with Gasteiger partial charge < -0.3 is 5.32 Å². The first-order chi connectivity index (χ1) is 9.52. The van der Waals surface area contributed by atoms with Gasteiger partial charge in [-0.05, 0) is 30.9 Å². The molecule has 0 saturated heterocycles. The molecule has 0 aliphatic heterocycles. The summed E-state index contributed by atoms with van der Waals surface area (Å²) in [7, 11) is 0. The highest BCUT2D eigenvalue weighted by Crippen LogP contribution is 2.19. The lowest BCUT2D eigenvalue weighted by atomic mass is 10.1. The monoisotopic (exact) mass is 297 g/mol. The van der Waals surface area contributed by atoms with E-state index in [1.165, 1.54) is 6.07 Å². The van der Waals surface area contributed by atoms with Crippen LogP contribution in [0.25, 0.3) is 0 Å². The summed E-state index contributed by atoms with van der Waals surface area (Å²) >= 11 is 0.999. The van der Waals surface area contributed by atoms with Gasteiger partial charge in [-0.2, -0.15) is 0 Å². The highest BCUT2D eigenvalue weighted by Gasteiger charge is 2.19. The summed E-state index contributed by atoms with van der Waals surface area (Å²) in [5, 5.41) is 6.51. The van der Waals surface area contributed by atoms with Gasteiger partial charge in [0.15, 0.2) is 0 Å². The second-order valence-corrected chi connectivity index (χ2v) is 5.02. The summed E-state index contributed by atoms with van der Waals surface area (Å²) in [4.78, 5) is 12.5. The number of nitrogens with zero attached hydrogens (tertiary/aromatic N) is 2. The van der Waals surface area contributed by atoms with Gasteiger partial charge in [0.2, 0.25) is 0 Å². The summed E-state index contributed by atoms with van der Waals surface area (Å²) in [5.74, 6) is -1.69. The van der Waals surface area contributed by atoms with Gasteiger partial charge in [-0.15, -0.1) is 5.10 Å². The van der Waals surface area contributed by atoms with E-state index in [9.17, 15) is 13.6 Å². The molecular weight excluding hydrogens is 284 g/mol. The Balaban J connectivity index is 2.15. The largest absolute Gasteiger partial charge is 0.345 e. The van der Waals surface area contributed by atoms with Crippen LogP contribution in [0.5, 0.6) is 0 Å². The van der Waals surface area contributed by atoms with Crippen LogP contribution in [0.4, 0.5) is 8.78 Å². The number of benzene rings is 1. The third-order valence-electron chi connectivity index (χ3n) is 2.87. The van der Waals surface area contributed by atoms with Crippen molar-refractivity contribution >= 4 is 17.4 Å². The van der Waals surface area contributed by atoms with E-state index in [4.69, 9.17) is 0 Å². The maximum absolute atomic E-state index is 13.6. The van der Waals surface area contributed by atoms with Gasteiger partial charge in [0, 0.05) is 11.6 Å². The summed E-state index contributed by atoms with van der Waals surface area (Å²) < 4.78 is 30.2. The molecule has 2 rings (SSSR count). The molecule has 4 nitrogen and oxygen atoms in total. The molecule has 0 aliphatic rings. The zero-order valence-corrected chi connectivity index (χ0v) is 11.8. The fourth-order valence-electron chi connectivity index (χ4n) is 1.81. The van der Waals surface area contributed by atoms with Crippen molar-refractivity contribution in [2.24, 2.45) is 0 Å². The fourth-order valence-corrected chi connectivity index (χ4v) is 2.46. The van der Waals surface area contributed by atoms with Crippen LogP contribution in [-0.2, 0) is 6.42 Å². The van der Waals surface area contributed by atoms with Crippen LogP contribution in [0, 0.1) is 11.6 Å². The number of aromatic nitrogens is 2. The van der Waals surface area contributed by atoms with Crippen LogP contribution in [-0.4, -0.2) is 15.5 Å². The number of hydrogen-bond donors (Lipinski definition) is 1. The van der Waals surface area contributed by atoms with Crippen molar-refractivity contribution in [2.45, 2.75) is 26.3 Å². The van der Waals surface area contributed by atoms with Crippen molar-refractivity contribution < 1.29 is 13.6 Å². The molecule has 1 heterocycles. The van der Waals surface area contributed by atoms with Crippen molar-refractivity contribution in [1.29, 1.82) is 0 Å². The summed E-state index contributed by atoms with van der Waals surface area (Å²) in [6.45, 7) is 3.50. The first kappa shape index (κ1) is 14.5. The second-order valence-electron chi connectivity index (χ2n) is 4.26. The Morgan fingerprint density at radius 1 is 1.45 bits per heavy atom. The molecule has 0 radical (unpaired) electrons. The van der Waals surface area contributed by atoms with E-state index in [0.717, 1.165) is 23.7 Å². The van der Waals surface area contributed by atoms with E-state index in [0.29, 0.717) is 17.0 Å². The normalized spacial score (nSPS) is 12.2. The van der Waals surface area contributed by atoms with Crippen LogP contribution in [0.15, 0.2) is 18.2 Å². The van der Waals surface area contributed by atoms with Gasteiger partial charge in [-0.1, -0.05) is 17.5 Å². The van der Waals surface area contributed by atoms with Crippen molar-refractivity contribution in [3.8, 4) is 0 Å². The van der Waals surface area contributed by atoms with E-state index >= 15 is 0 Å². The zero-order chi connectivity index (χ0) is 14.7. The molecule has 1 N–H and O–H groups in total. The van der Waals surface area contributed by atoms with Crippen molar-refractivity contribution in [2.75, 3.05) is 0 Å². The smallest absolute Gasteiger partial charge is 0.265 e. The molecule has 1 atom stereocenters. The maximum Gasteiger partial charge on any atom is 0.265 e. The van der Waals surface area contributed by atoms with Crippen molar-refractivity contribution in [3.63, 3.8) is 0 Å². The molecule has 1 aromatic carbocycles. The average molecular weight is 297 g/mol. The van der Waals surface area contributed by atoms with E-state index in [-0.39, 0.29) is 11.5 Å². The van der Waals surface area contributed by atoms with Gasteiger partial charge >= 0.3 is 0 Å². The maximum atomic E-state index is 13.6. The summed E-state index contributed by atoms with van der Waals surface area (Å²) in [6.07, 6.45) is 0.596. The van der Waals surface area contributed by atoms with E-state index in [2.05, 4.69) is 14.9 Å². The Labute approximate surface area is 119 Å². The molecule has 1 amide bonds. The third kappa shape index (κ3) is 2.98. The lowest BCUT2D eigenvalue weighted by Crippen LogP contribution is -2.27. The van der Waals surface area contributed by atoms with Gasteiger partial charge in [0.25, 0.3) is 5.91 Å². The number of rotatable bonds is 4. The average Bonchev–Trinajstić information content (AvgIpc) is 2.86. The standard InChI is InChI=1S/C13H13F2N3OS/c1-3-11-12(20-18-17-11)13(19)16-7(2)9-5-4-8(14)6-10(9)15/h4-7H,3H2,1-2H3,(H,16,19). The molecule has 106 valence electrons. The number of halogens is 2. The predicted octanol–water partition coefficient (Wildman–Crippen LogP) is 2.87. The second kappa shape index (κ2) is 6.04. The minimum absolute atomic E-state index is 0.232. The number of carbonyl (C=O) groups excluding carboxylic acids is 1. The predicted molar refractivity (Wildman–Crippen MR) is 71.5 cm³/mol. The molecule has 0 aliphatic carbocycles. The molecule has 1 aromatic heterocycles. The van der Waals surface area contributed by atoms with Crippen molar-refractivity contribution in [1.82, 2.24) is 14.9 Å². The van der Waals surface area contributed by atoms with Gasteiger partial charge in [-0.25, -0.2) is 8.78 Å². The number of hydrogen-bond acceptors (Lipinski definition) is 4. The van der Waals surface area contributed by atoms with Gasteiger partial charge in [0.1, 0.15) is 16.5 Å². The Morgan fingerprint density at radius 3 is 2.85 bits per heavy atom. The molecule has 1 unspecified atom stereocenters. The number of carbonyl (C=O) groups is 1. The van der Waals surface area contributed by atoms with Crippen LogP contribution < -0.4 is 5.32 Å². The van der Waals surface area contributed by atoms with Gasteiger partial charge in [-0.3, -0.25) is 4.79 Å². The van der Waals surface area contributed by atoms with Crippen LogP contribution in [0.1, 0.15) is 40.8 Å². The van der Waals surface area contributed by atoms with Gasteiger partial charge in [0.05, 0.1) is 11.7 Å². The molecule has 0 spiro atoms. The Hall–Kier alpha value is -1.89. The molecule has 7 heteroatoms. The molecule has 20 heavy (non-hydrogen) atoms. The van der Waals surface area contributed by atoms with Crippen LogP contribution in [0.3, 0.4) is 0 Å². The Kier molecular flexibility index (Phi) is 4.39. The fraction of sp³-hybridized carbons (Fsp3) is 0.308. The zero-order valence-electron chi connectivity index (χ0n) is 11.0. The summed E-state index contributed by atoms with van der Waals surface area (Å²) in [5.41, 5.74) is 0.842. The molecular formula is C13H13F2N3OS. The van der Waals surface area contributed by atoms with Crippen molar-refractivity contribution in [3.05, 3.63) is 46.0 Å². The molecule has 0 fully saturated rings. The van der Waals surface area contributed by atoms with E-state index in [1.807, 2.05) is 6.92 Å². The first-order valence-electron chi connectivity index (χ1n) is 6.10. The minimum Gasteiger partial charge on any atom is -0.345 e. The topological polar surface area (TPSA) is 54.9 Å². The highest BCUT2D eigenvalue weighted by molar-refractivity contribution is 7.08. The number of nitrogens with one attached hydrogen (secondary N) is 1. The highest BCUT2D eigenvalue weighted by atomic mass is 32.1. The van der Waals surface area contributed by atoms with Crippen LogP contribution in [0.2, 0.25) is 0 Å². The summed E-state index contributed by atoms with van der Waals surface area (Å²) in [6, 6.07) is 2.70. The number of aryl methyl sites for hydroxylation is 1. The Morgan fingerprint density at radius 2 is 2.20 bits per heavy atom. The Bertz CT molecular complexity index is 630. The quantitative estimate of drug-likeness (QED) is 0.944. The lowest BCUT2D eigenvalue weighted by molar-refractivity contribution is 0.0942. The molecule has 0 saturated carbocycles. The number of amides is 1. The molecule has 2 aromatic rings. The third-order valence-corrected chi connectivity index (χ3v) is 3.64. The van der Waals surface area contributed by atoms with Crippen LogP contribution >= 0.6 is 11.5 Å². The first-order valence-corrected chi connectivity index (χ1v) is 6.87. The lowest BCUT2D eigenvalue weighted by Gasteiger charge is -2.14. The molecule has 0 bridgehead atoms. The SMILES string of the molecule is CCc1nnsc1C(=O)NC(C)c1ccc(F)cc1F.